The standard InChI is InChI=1S/C25H38O5/c1-17-6-11-24-16-22(24,2)9-4-5-20(24)23(17,3)10-7-18-8-12-25(29,30-15-18)19(14-26)13-21(27)28/h8,14,17,19-20,29H,4-7,9-13,15-16H2,1-3H3,(H,27,28). The fraction of sp³-hybridized carbons (Fsp3) is 0.840. The third-order valence-corrected chi connectivity index (χ3v) is 9.93. The van der Waals surface area contributed by atoms with Crippen LogP contribution in [0.15, 0.2) is 11.6 Å². The number of ether oxygens (including phenoxy) is 1. The molecule has 1 spiro atoms. The van der Waals surface area contributed by atoms with Crippen molar-refractivity contribution in [3.8, 4) is 0 Å². The molecular formula is C25H38O5. The van der Waals surface area contributed by atoms with Gasteiger partial charge in [0.15, 0.2) is 5.79 Å². The second kappa shape index (κ2) is 7.44. The number of aldehydes is 1. The Bertz CT molecular complexity index is 746. The zero-order chi connectivity index (χ0) is 21.8. The molecule has 3 saturated carbocycles. The molecule has 7 unspecified atom stereocenters. The van der Waals surface area contributed by atoms with Gasteiger partial charge >= 0.3 is 5.97 Å². The van der Waals surface area contributed by atoms with Crippen LogP contribution in [0.2, 0.25) is 0 Å². The van der Waals surface area contributed by atoms with Crippen LogP contribution in [0, 0.1) is 34.0 Å². The van der Waals surface area contributed by atoms with E-state index in [-0.39, 0.29) is 13.0 Å². The van der Waals surface area contributed by atoms with Crippen molar-refractivity contribution in [1.82, 2.24) is 0 Å². The molecule has 0 saturated heterocycles. The van der Waals surface area contributed by atoms with Gasteiger partial charge in [0, 0.05) is 6.42 Å². The Labute approximate surface area is 180 Å². The normalized spacial score (nSPS) is 46.2. The molecule has 3 fully saturated rings. The zero-order valence-corrected chi connectivity index (χ0v) is 18.8. The second-order valence-electron chi connectivity index (χ2n) is 11.3. The summed E-state index contributed by atoms with van der Waals surface area (Å²) in [5.74, 6) is -2.32. The molecule has 0 aromatic rings. The van der Waals surface area contributed by atoms with Gasteiger partial charge in [0.25, 0.3) is 0 Å². The average Bonchev–Trinajstić information content (AvgIpc) is 3.34. The molecule has 7 atom stereocenters. The van der Waals surface area contributed by atoms with Gasteiger partial charge in [0.05, 0.1) is 18.9 Å². The van der Waals surface area contributed by atoms with Crippen molar-refractivity contribution in [2.45, 2.75) is 90.8 Å². The van der Waals surface area contributed by atoms with E-state index in [0.717, 1.165) is 18.8 Å². The topological polar surface area (TPSA) is 83.8 Å². The SMILES string of the molecule is CC1CCC23CC2(C)CCCC3C1(C)CCC1=CCC(O)(C(C=O)CC(=O)O)OC1. The molecule has 2 N–H and O–H groups in total. The van der Waals surface area contributed by atoms with E-state index in [4.69, 9.17) is 9.84 Å². The summed E-state index contributed by atoms with van der Waals surface area (Å²) >= 11 is 0. The third-order valence-electron chi connectivity index (χ3n) is 9.93. The predicted molar refractivity (Wildman–Crippen MR) is 114 cm³/mol. The minimum absolute atomic E-state index is 0.177. The van der Waals surface area contributed by atoms with Gasteiger partial charge < -0.3 is 19.7 Å². The Hall–Kier alpha value is -1.20. The Morgan fingerprint density at radius 3 is 2.73 bits per heavy atom. The number of carbonyl (C=O) groups excluding carboxylic acids is 1. The lowest BCUT2D eigenvalue weighted by atomic mass is 9.50. The van der Waals surface area contributed by atoms with Crippen molar-refractivity contribution >= 4 is 12.3 Å². The molecule has 4 rings (SSSR count). The first-order chi connectivity index (χ1) is 14.1. The van der Waals surface area contributed by atoms with Crippen molar-refractivity contribution in [3.05, 3.63) is 11.6 Å². The number of carboxylic acids is 1. The number of aliphatic carboxylic acids is 1. The van der Waals surface area contributed by atoms with Gasteiger partial charge in [-0.2, -0.15) is 0 Å². The van der Waals surface area contributed by atoms with Crippen LogP contribution >= 0.6 is 0 Å². The van der Waals surface area contributed by atoms with E-state index >= 15 is 0 Å². The van der Waals surface area contributed by atoms with Crippen LogP contribution in [-0.2, 0) is 14.3 Å². The second-order valence-corrected chi connectivity index (χ2v) is 11.3. The van der Waals surface area contributed by atoms with E-state index < -0.39 is 24.1 Å². The zero-order valence-electron chi connectivity index (χ0n) is 18.8. The van der Waals surface area contributed by atoms with Crippen LogP contribution in [0.25, 0.3) is 0 Å². The van der Waals surface area contributed by atoms with E-state index in [2.05, 4.69) is 20.8 Å². The number of rotatable bonds is 7. The van der Waals surface area contributed by atoms with Crippen molar-refractivity contribution in [3.63, 3.8) is 0 Å². The van der Waals surface area contributed by atoms with Crippen molar-refractivity contribution in [2.75, 3.05) is 6.61 Å². The largest absolute Gasteiger partial charge is 0.481 e. The summed E-state index contributed by atoms with van der Waals surface area (Å²) in [6.45, 7) is 7.75. The maximum Gasteiger partial charge on any atom is 0.304 e. The lowest BCUT2D eigenvalue weighted by molar-refractivity contribution is -0.230. The number of carbonyl (C=O) groups is 2. The highest BCUT2D eigenvalue weighted by atomic mass is 16.6. The molecule has 30 heavy (non-hydrogen) atoms. The number of hydrogen-bond acceptors (Lipinski definition) is 4. The molecule has 5 heteroatoms. The van der Waals surface area contributed by atoms with Gasteiger partial charge in [-0.1, -0.05) is 33.3 Å². The van der Waals surface area contributed by atoms with E-state index in [0.29, 0.717) is 28.4 Å². The monoisotopic (exact) mass is 418 g/mol. The fourth-order valence-electron chi connectivity index (χ4n) is 7.59. The number of carboxylic acid groups (broad SMARTS) is 1. The predicted octanol–water partition coefficient (Wildman–Crippen LogP) is 4.72. The molecule has 1 aliphatic heterocycles. The first kappa shape index (κ1) is 22.0. The van der Waals surface area contributed by atoms with Gasteiger partial charge in [-0.15, -0.1) is 0 Å². The van der Waals surface area contributed by atoms with Gasteiger partial charge in [-0.3, -0.25) is 4.79 Å². The maximum atomic E-state index is 11.3. The molecule has 168 valence electrons. The van der Waals surface area contributed by atoms with Crippen LogP contribution in [0.3, 0.4) is 0 Å². The summed E-state index contributed by atoms with van der Waals surface area (Å²) in [5.41, 5.74) is 2.66. The van der Waals surface area contributed by atoms with Gasteiger partial charge in [0.2, 0.25) is 0 Å². The van der Waals surface area contributed by atoms with E-state index in [1.54, 1.807) is 0 Å². The molecule has 4 aliphatic rings. The van der Waals surface area contributed by atoms with Crippen LogP contribution in [0.4, 0.5) is 0 Å². The van der Waals surface area contributed by atoms with Crippen LogP contribution in [-0.4, -0.2) is 34.9 Å². The molecular weight excluding hydrogens is 380 g/mol. The summed E-state index contributed by atoms with van der Waals surface area (Å²) in [6, 6.07) is 0. The molecule has 0 aromatic heterocycles. The maximum absolute atomic E-state index is 11.3. The summed E-state index contributed by atoms with van der Waals surface area (Å²) in [5, 5.41) is 19.7. The minimum atomic E-state index is -1.70. The first-order valence-corrected chi connectivity index (χ1v) is 11.8. The molecule has 1 heterocycles. The molecule has 0 bridgehead atoms. The summed E-state index contributed by atoms with van der Waals surface area (Å²) in [4.78, 5) is 22.3. The van der Waals surface area contributed by atoms with E-state index in [1.807, 2.05) is 6.08 Å². The average molecular weight is 419 g/mol. The highest BCUT2D eigenvalue weighted by Crippen LogP contribution is 2.80. The lowest BCUT2D eigenvalue weighted by Gasteiger charge is -2.55. The highest BCUT2D eigenvalue weighted by Gasteiger charge is 2.72. The molecule has 5 nitrogen and oxygen atoms in total. The fourth-order valence-corrected chi connectivity index (χ4v) is 7.59. The van der Waals surface area contributed by atoms with Gasteiger partial charge in [-0.25, -0.2) is 0 Å². The van der Waals surface area contributed by atoms with Crippen molar-refractivity contribution < 1.29 is 24.5 Å². The highest BCUT2D eigenvalue weighted by molar-refractivity contribution is 5.72. The Balaban J connectivity index is 1.42. The quantitative estimate of drug-likeness (QED) is 0.461. The minimum Gasteiger partial charge on any atom is -0.481 e. The van der Waals surface area contributed by atoms with Crippen molar-refractivity contribution in [1.29, 1.82) is 0 Å². The summed E-state index contributed by atoms with van der Waals surface area (Å²) in [6.07, 6.45) is 12.6. The van der Waals surface area contributed by atoms with Gasteiger partial charge in [0.1, 0.15) is 6.29 Å². The molecule has 0 radical (unpaired) electrons. The first-order valence-electron chi connectivity index (χ1n) is 11.8. The number of aliphatic hydroxyl groups is 1. The molecule has 0 amide bonds. The lowest BCUT2D eigenvalue weighted by Crippen LogP contribution is -2.47. The van der Waals surface area contributed by atoms with Gasteiger partial charge in [-0.05, 0) is 78.6 Å². The van der Waals surface area contributed by atoms with Crippen LogP contribution < -0.4 is 0 Å². The Morgan fingerprint density at radius 1 is 1.33 bits per heavy atom. The van der Waals surface area contributed by atoms with Crippen molar-refractivity contribution in [2.24, 2.45) is 34.0 Å². The smallest absolute Gasteiger partial charge is 0.304 e. The van der Waals surface area contributed by atoms with E-state index in [1.165, 1.54) is 44.1 Å². The molecule has 0 aromatic carbocycles. The molecule has 3 aliphatic carbocycles. The third kappa shape index (κ3) is 3.37. The Morgan fingerprint density at radius 2 is 2.10 bits per heavy atom. The van der Waals surface area contributed by atoms with Crippen LogP contribution in [0.1, 0.15) is 85.0 Å². The summed E-state index contributed by atoms with van der Waals surface area (Å²) < 4.78 is 5.68. The van der Waals surface area contributed by atoms with E-state index in [9.17, 15) is 14.7 Å². The van der Waals surface area contributed by atoms with Crippen LogP contribution in [0.5, 0.6) is 0 Å². The summed E-state index contributed by atoms with van der Waals surface area (Å²) in [7, 11) is 0. The number of hydrogen-bond donors (Lipinski definition) is 2. The Kier molecular flexibility index (Phi) is 5.46.